The van der Waals surface area contributed by atoms with Crippen molar-refractivity contribution in [3.63, 3.8) is 0 Å². The molecule has 0 aliphatic carbocycles. The Morgan fingerprint density at radius 3 is 2.28 bits per heavy atom. The van der Waals surface area contributed by atoms with Crippen LogP contribution in [0.15, 0.2) is 48.6 Å². The van der Waals surface area contributed by atoms with Gasteiger partial charge in [0.05, 0.1) is 19.3 Å². The van der Waals surface area contributed by atoms with Gasteiger partial charge in [-0.2, -0.15) is 0 Å². The summed E-state index contributed by atoms with van der Waals surface area (Å²) < 4.78 is 4.54. The summed E-state index contributed by atoms with van der Waals surface area (Å²) in [5, 5.41) is 19.5. The van der Waals surface area contributed by atoms with Gasteiger partial charge in [0.15, 0.2) is 0 Å². The van der Waals surface area contributed by atoms with Crippen LogP contribution in [0, 0.1) is 0 Å². The van der Waals surface area contributed by atoms with Gasteiger partial charge in [0, 0.05) is 6.42 Å². The molecule has 0 aliphatic heterocycles. The van der Waals surface area contributed by atoms with Crippen LogP contribution >= 0.6 is 0 Å². The SMILES string of the molecule is CCCCC/C=C\C[C@@H](O)/C=C/C=C/C=C\[C@@H](O)CCCC(=O)OC. The van der Waals surface area contributed by atoms with Gasteiger partial charge in [-0.3, -0.25) is 4.79 Å². The number of hydrogen-bond acceptors (Lipinski definition) is 4. The van der Waals surface area contributed by atoms with Crippen molar-refractivity contribution in [1.29, 1.82) is 0 Å². The van der Waals surface area contributed by atoms with Gasteiger partial charge in [-0.05, 0) is 32.1 Å². The van der Waals surface area contributed by atoms with Crippen LogP contribution in [-0.2, 0) is 9.53 Å². The molecule has 0 aromatic rings. The highest BCUT2D eigenvalue weighted by Crippen LogP contribution is 2.04. The molecule has 0 aromatic carbocycles. The second kappa shape index (κ2) is 17.2. The summed E-state index contributed by atoms with van der Waals surface area (Å²) in [7, 11) is 1.36. The molecule has 2 atom stereocenters. The highest BCUT2D eigenvalue weighted by atomic mass is 16.5. The molecule has 142 valence electrons. The first kappa shape index (κ1) is 23.4. The van der Waals surface area contributed by atoms with E-state index in [1.54, 1.807) is 30.4 Å². The molecule has 0 saturated heterocycles. The van der Waals surface area contributed by atoms with Crippen LogP contribution in [0.25, 0.3) is 0 Å². The Kier molecular flexibility index (Phi) is 16.0. The number of aliphatic hydroxyl groups is 2. The number of unbranched alkanes of at least 4 members (excludes halogenated alkanes) is 3. The molecular formula is C21H34O4. The number of methoxy groups -OCH3 is 1. The normalized spacial score (nSPS) is 14.9. The summed E-state index contributed by atoms with van der Waals surface area (Å²) in [4.78, 5) is 10.9. The molecule has 0 aliphatic rings. The third-order valence-corrected chi connectivity index (χ3v) is 3.63. The lowest BCUT2D eigenvalue weighted by molar-refractivity contribution is -0.140. The van der Waals surface area contributed by atoms with Gasteiger partial charge >= 0.3 is 5.97 Å². The van der Waals surface area contributed by atoms with E-state index in [1.807, 2.05) is 12.2 Å². The topological polar surface area (TPSA) is 66.8 Å². The number of allylic oxidation sites excluding steroid dienone is 5. The van der Waals surface area contributed by atoms with Crippen molar-refractivity contribution in [1.82, 2.24) is 0 Å². The monoisotopic (exact) mass is 350 g/mol. The molecule has 0 fully saturated rings. The lowest BCUT2D eigenvalue weighted by atomic mass is 10.1. The summed E-state index contributed by atoms with van der Waals surface area (Å²) in [5.41, 5.74) is 0. The first-order chi connectivity index (χ1) is 12.1. The van der Waals surface area contributed by atoms with E-state index in [9.17, 15) is 15.0 Å². The molecule has 0 amide bonds. The molecule has 0 unspecified atom stereocenters. The van der Waals surface area contributed by atoms with E-state index >= 15 is 0 Å². The Balaban J connectivity index is 3.82. The van der Waals surface area contributed by atoms with Crippen molar-refractivity contribution in [2.75, 3.05) is 7.11 Å². The minimum Gasteiger partial charge on any atom is -0.469 e. The van der Waals surface area contributed by atoms with E-state index in [0.717, 1.165) is 6.42 Å². The molecule has 0 radical (unpaired) electrons. The molecule has 4 nitrogen and oxygen atoms in total. The average Bonchev–Trinajstić information content (AvgIpc) is 2.60. The number of carbonyl (C=O) groups is 1. The Morgan fingerprint density at radius 2 is 1.64 bits per heavy atom. The summed E-state index contributed by atoms with van der Waals surface area (Å²) in [6.45, 7) is 2.19. The minimum absolute atomic E-state index is 0.254. The minimum atomic E-state index is -0.568. The number of ether oxygens (including phenoxy) is 1. The fourth-order valence-electron chi connectivity index (χ4n) is 2.11. The Morgan fingerprint density at radius 1 is 0.960 bits per heavy atom. The summed E-state index contributed by atoms with van der Waals surface area (Å²) in [6, 6.07) is 0. The first-order valence-corrected chi connectivity index (χ1v) is 9.19. The van der Waals surface area contributed by atoms with Crippen molar-refractivity contribution in [3.05, 3.63) is 48.6 Å². The molecular weight excluding hydrogens is 316 g/mol. The maximum atomic E-state index is 10.9. The van der Waals surface area contributed by atoms with Gasteiger partial charge in [-0.25, -0.2) is 0 Å². The van der Waals surface area contributed by atoms with Crippen molar-refractivity contribution < 1.29 is 19.7 Å². The summed E-state index contributed by atoms with van der Waals surface area (Å²) in [6.07, 6.45) is 20.6. The molecule has 0 spiro atoms. The number of rotatable bonds is 14. The van der Waals surface area contributed by atoms with Crippen LogP contribution in [0.2, 0.25) is 0 Å². The van der Waals surface area contributed by atoms with Crippen LogP contribution in [0.4, 0.5) is 0 Å². The first-order valence-electron chi connectivity index (χ1n) is 9.19. The van der Waals surface area contributed by atoms with Gasteiger partial charge in [0.25, 0.3) is 0 Å². The Labute approximate surface area is 152 Å². The summed E-state index contributed by atoms with van der Waals surface area (Å²) in [5.74, 6) is -0.254. The van der Waals surface area contributed by atoms with Gasteiger partial charge in [-0.1, -0.05) is 68.4 Å². The predicted molar refractivity (Wildman–Crippen MR) is 103 cm³/mol. The third kappa shape index (κ3) is 17.0. The molecule has 4 heteroatoms. The molecule has 25 heavy (non-hydrogen) atoms. The van der Waals surface area contributed by atoms with Crippen LogP contribution < -0.4 is 0 Å². The van der Waals surface area contributed by atoms with E-state index in [4.69, 9.17) is 0 Å². The van der Waals surface area contributed by atoms with Crippen molar-refractivity contribution in [3.8, 4) is 0 Å². The maximum Gasteiger partial charge on any atom is 0.305 e. The zero-order valence-corrected chi connectivity index (χ0v) is 15.6. The highest BCUT2D eigenvalue weighted by molar-refractivity contribution is 5.68. The third-order valence-electron chi connectivity index (χ3n) is 3.63. The van der Waals surface area contributed by atoms with E-state index in [1.165, 1.54) is 26.4 Å². The van der Waals surface area contributed by atoms with E-state index in [0.29, 0.717) is 25.7 Å². The van der Waals surface area contributed by atoms with E-state index in [-0.39, 0.29) is 5.97 Å². The lowest BCUT2D eigenvalue weighted by Crippen LogP contribution is -2.05. The highest BCUT2D eigenvalue weighted by Gasteiger charge is 2.02. The maximum absolute atomic E-state index is 10.9. The van der Waals surface area contributed by atoms with E-state index in [2.05, 4.69) is 17.7 Å². The van der Waals surface area contributed by atoms with Crippen molar-refractivity contribution >= 4 is 5.97 Å². The van der Waals surface area contributed by atoms with Crippen LogP contribution in [0.1, 0.15) is 58.3 Å². The van der Waals surface area contributed by atoms with Crippen molar-refractivity contribution in [2.24, 2.45) is 0 Å². The molecule has 0 rings (SSSR count). The summed E-state index contributed by atoms with van der Waals surface area (Å²) >= 11 is 0. The van der Waals surface area contributed by atoms with Gasteiger partial charge in [0.2, 0.25) is 0 Å². The Hall–Kier alpha value is -1.65. The predicted octanol–water partition coefficient (Wildman–Crippen LogP) is 4.25. The fraction of sp³-hybridized carbons (Fsp3) is 0.571. The van der Waals surface area contributed by atoms with Gasteiger partial charge in [0.1, 0.15) is 0 Å². The Bertz CT molecular complexity index is 435. The average molecular weight is 350 g/mol. The van der Waals surface area contributed by atoms with Crippen molar-refractivity contribution in [2.45, 2.75) is 70.5 Å². The lowest BCUT2D eigenvalue weighted by Gasteiger charge is -2.03. The van der Waals surface area contributed by atoms with Gasteiger partial charge in [-0.15, -0.1) is 0 Å². The second-order valence-corrected chi connectivity index (χ2v) is 5.96. The van der Waals surface area contributed by atoms with Crippen LogP contribution in [0.3, 0.4) is 0 Å². The molecule has 2 N–H and O–H groups in total. The smallest absolute Gasteiger partial charge is 0.305 e. The largest absolute Gasteiger partial charge is 0.469 e. The number of hydrogen-bond donors (Lipinski definition) is 2. The molecule has 0 aromatic heterocycles. The molecule has 0 bridgehead atoms. The quantitative estimate of drug-likeness (QED) is 0.213. The van der Waals surface area contributed by atoms with Crippen LogP contribution in [0.5, 0.6) is 0 Å². The zero-order chi connectivity index (χ0) is 18.8. The van der Waals surface area contributed by atoms with Crippen LogP contribution in [-0.4, -0.2) is 35.5 Å². The fourth-order valence-corrected chi connectivity index (χ4v) is 2.11. The molecule has 0 heterocycles. The standard InChI is InChI=1S/C21H34O4/c1-3-4-5-6-7-10-14-19(22)15-11-8-9-12-16-20(23)17-13-18-21(24)25-2/h7-12,15-16,19-20,22-23H,3-6,13-14,17-18H2,1-2H3/b9-8+,10-7-,15-11+,16-12-/t19-,20-/m1/s1. The second-order valence-electron chi connectivity index (χ2n) is 5.96. The number of esters is 1. The van der Waals surface area contributed by atoms with Gasteiger partial charge < -0.3 is 14.9 Å². The molecule has 0 saturated carbocycles. The zero-order valence-electron chi connectivity index (χ0n) is 15.6. The van der Waals surface area contributed by atoms with E-state index < -0.39 is 12.2 Å². The number of aliphatic hydroxyl groups excluding tert-OH is 2. The number of carbonyl (C=O) groups excluding carboxylic acids is 1.